The Morgan fingerprint density at radius 2 is 1.35 bits per heavy atom. The van der Waals surface area contributed by atoms with Crippen molar-refractivity contribution < 1.29 is 29.6 Å². The molecule has 0 saturated carbocycles. The quantitative estimate of drug-likeness (QED) is 0.302. The second-order valence-corrected chi connectivity index (χ2v) is 12.4. The van der Waals surface area contributed by atoms with Gasteiger partial charge < -0.3 is 0 Å². The third-order valence-corrected chi connectivity index (χ3v) is 11.2. The first-order valence-corrected chi connectivity index (χ1v) is 13.0. The standard InChI is InChI=1S/C21H16F4O3S3/c22-16-11-9-15(10-12-16)13-14-30(28-31(26,27)21(23,24)25)19-7-3-1-5-17(19)29-18-6-2-4-8-20(18)30/h1-12H,13-14H2. The molecule has 1 aliphatic rings. The molecule has 1 heterocycles. The van der Waals surface area contributed by atoms with Gasteiger partial charge in [-0.2, -0.15) is 21.6 Å². The van der Waals surface area contributed by atoms with E-state index in [0.717, 1.165) is 0 Å². The van der Waals surface area contributed by atoms with E-state index in [4.69, 9.17) is 3.63 Å². The maximum absolute atomic E-state index is 13.4. The molecule has 0 amide bonds. The summed E-state index contributed by atoms with van der Waals surface area (Å²) in [5, 5.41) is 0. The van der Waals surface area contributed by atoms with Crippen LogP contribution in [0.1, 0.15) is 5.56 Å². The van der Waals surface area contributed by atoms with E-state index < -0.39 is 31.8 Å². The number of aryl methyl sites for hydroxylation is 1. The molecule has 0 N–H and O–H groups in total. The summed E-state index contributed by atoms with van der Waals surface area (Å²) in [6.45, 7) is 0. The van der Waals surface area contributed by atoms with E-state index in [0.29, 0.717) is 25.1 Å². The van der Waals surface area contributed by atoms with Gasteiger partial charge in [-0.15, -0.1) is 0 Å². The van der Waals surface area contributed by atoms with Crippen LogP contribution in [-0.2, 0) is 20.2 Å². The molecule has 3 aromatic rings. The third-order valence-electron chi connectivity index (χ3n) is 4.71. The molecule has 31 heavy (non-hydrogen) atoms. The summed E-state index contributed by atoms with van der Waals surface area (Å²) in [6, 6.07) is 19.0. The largest absolute Gasteiger partial charge is 0.523 e. The average molecular weight is 489 g/mol. The van der Waals surface area contributed by atoms with Crippen molar-refractivity contribution in [2.75, 3.05) is 5.75 Å². The van der Waals surface area contributed by atoms with Gasteiger partial charge in [0.1, 0.15) is 5.82 Å². The highest BCUT2D eigenvalue weighted by molar-refractivity contribution is 8.33. The topological polar surface area (TPSA) is 43.4 Å². The average Bonchev–Trinajstić information content (AvgIpc) is 2.72. The zero-order valence-corrected chi connectivity index (χ0v) is 18.3. The number of halogens is 4. The molecule has 1 aliphatic heterocycles. The molecule has 3 aromatic carbocycles. The van der Waals surface area contributed by atoms with Crippen LogP contribution in [0.3, 0.4) is 0 Å². The van der Waals surface area contributed by atoms with Gasteiger partial charge in [-0.25, -0.2) is 8.02 Å². The molecule has 0 atom stereocenters. The summed E-state index contributed by atoms with van der Waals surface area (Å²) in [5.74, 6) is -0.450. The van der Waals surface area contributed by atoms with Crippen LogP contribution in [0.5, 0.6) is 0 Å². The molecule has 0 unspecified atom stereocenters. The van der Waals surface area contributed by atoms with Crippen LogP contribution in [0, 0.1) is 5.82 Å². The Labute approximate surface area is 183 Å². The summed E-state index contributed by atoms with van der Waals surface area (Å²) in [5.41, 5.74) is -4.90. The van der Waals surface area contributed by atoms with E-state index in [9.17, 15) is 26.0 Å². The van der Waals surface area contributed by atoms with Gasteiger partial charge in [-0.3, -0.25) is 0 Å². The minimum Gasteiger partial charge on any atom is -0.207 e. The Hall–Kier alpha value is -2.01. The van der Waals surface area contributed by atoms with Crippen molar-refractivity contribution in [1.29, 1.82) is 0 Å². The minimum absolute atomic E-state index is 0.0114. The summed E-state index contributed by atoms with van der Waals surface area (Å²) < 4.78 is 83.0. The molecule has 0 spiro atoms. The Bertz CT molecular complexity index is 1160. The van der Waals surface area contributed by atoms with Gasteiger partial charge in [-0.05, 0) is 48.4 Å². The van der Waals surface area contributed by atoms with E-state index in [1.165, 1.54) is 36.0 Å². The molecule has 3 nitrogen and oxygen atoms in total. The van der Waals surface area contributed by atoms with E-state index in [1.807, 2.05) is 0 Å². The third kappa shape index (κ3) is 4.21. The molecule has 0 aliphatic carbocycles. The van der Waals surface area contributed by atoms with Gasteiger partial charge in [0.15, 0.2) is 0 Å². The van der Waals surface area contributed by atoms with Gasteiger partial charge in [0.25, 0.3) is 0 Å². The predicted molar refractivity (Wildman–Crippen MR) is 112 cm³/mol. The number of benzene rings is 3. The second kappa shape index (κ2) is 8.16. The SMILES string of the molecule is O=S(=O)(OS1(CCc2ccc(F)cc2)c2ccccc2Sc2ccccc21)C(F)(F)F. The van der Waals surface area contributed by atoms with Crippen molar-refractivity contribution in [1.82, 2.24) is 0 Å². The lowest BCUT2D eigenvalue weighted by Gasteiger charge is -2.43. The Balaban J connectivity index is 1.89. The maximum atomic E-state index is 13.4. The highest BCUT2D eigenvalue weighted by Gasteiger charge is 2.53. The fourth-order valence-electron chi connectivity index (χ4n) is 3.28. The zero-order chi connectivity index (χ0) is 22.3. The van der Waals surface area contributed by atoms with Crippen LogP contribution in [0.15, 0.2) is 92.4 Å². The van der Waals surface area contributed by atoms with Crippen molar-refractivity contribution in [2.45, 2.75) is 31.5 Å². The van der Waals surface area contributed by atoms with Gasteiger partial charge in [0.2, 0.25) is 0 Å². The first-order valence-electron chi connectivity index (χ1n) is 9.06. The lowest BCUT2D eigenvalue weighted by Crippen LogP contribution is -2.29. The highest BCUT2D eigenvalue weighted by Crippen LogP contribution is 2.72. The van der Waals surface area contributed by atoms with E-state index in [2.05, 4.69) is 0 Å². The van der Waals surface area contributed by atoms with Crippen molar-refractivity contribution in [3.8, 4) is 0 Å². The number of fused-ring (bicyclic) bond motifs is 2. The number of rotatable bonds is 5. The summed E-state index contributed by atoms with van der Waals surface area (Å²) in [4.78, 5) is 2.14. The van der Waals surface area contributed by atoms with Gasteiger partial charge in [0, 0.05) is 25.3 Å². The smallest absolute Gasteiger partial charge is 0.207 e. The Kier molecular flexibility index (Phi) is 5.84. The first kappa shape index (κ1) is 22.2. The van der Waals surface area contributed by atoms with E-state index >= 15 is 0 Å². The van der Waals surface area contributed by atoms with Crippen LogP contribution in [-0.4, -0.2) is 19.7 Å². The van der Waals surface area contributed by atoms with Crippen molar-refractivity contribution in [3.05, 3.63) is 84.2 Å². The molecule has 0 bridgehead atoms. The Morgan fingerprint density at radius 3 is 1.87 bits per heavy atom. The molecule has 0 fully saturated rings. The monoisotopic (exact) mass is 488 g/mol. The molecule has 164 valence electrons. The highest BCUT2D eigenvalue weighted by atomic mass is 32.3. The fourth-order valence-corrected chi connectivity index (χ4v) is 10.2. The van der Waals surface area contributed by atoms with Crippen molar-refractivity contribution >= 4 is 32.2 Å². The summed E-state index contributed by atoms with van der Waals surface area (Å²) in [7, 11) is -8.97. The van der Waals surface area contributed by atoms with Gasteiger partial charge in [0.05, 0.1) is 0 Å². The van der Waals surface area contributed by atoms with Crippen LogP contribution in [0.25, 0.3) is 0 Å². The van der Waals surface area contributed by atoms with E-state index in [-0.39, 0.29) is 12.2 Å². The van der Waals surface area contributed by atoms with Gasteiger partial charge >= 0.3 is 15.6 Å². The second-order valence-electron chi connectivity index (χ2n) is 6.72. The normalized spacial score (nSPS) is 16.3. The van der Waals surface area contributed by atoms with Crippen LogP contribution in [0.2, 0.25) is 0 Å². The van der Waals surface area contributed by atoms with Crippen LogP contribution in [0.4, 0.5) is 17.6 Å². The molecule has 10 heteroatoms. The zero-order valence-electron chi connectivity index (χ0n) is 15.8. The van der Waals surface area contributed by atoms with E-state index in [1.54, 1.807) is 48.5 Å². The first-order chi connectivity index (χ1) is 14.6. The predicted octanol–water partition coefficient (Wildman–Crippen LogP) is 6.54. The Morgan fingerprint density at radius 1 is 0.839 bits per heavy atom. The van der Waals surface area contributed by atoms with Gasteiger partial charge in [-0.1, -0.05) is 58.5 Å². The summed E-state index contributed by atoms with van der Waals surface area (Å²) >= 11 is 1.36. The molecule has 4 rings (SSSR count). The lowest BCUT2D eigenvalue weighted by atomic mass is 10.2. The molecular formula is C21H16F4O3S3. The maximum Gasteiger partial charge on any atom is 0.523 e. The number of hydrogen-bond acceptors (Lipinski definition) is 4. The van der Waals surface area contributed by atoms with Crippen molar-refractivity contribution in [2.24, 2.45) is 0 Å². The lowest BCUT2D eigenvalue weighted by molar-refractivity contribution is -0.0496. The minimum atomic E-state index is -5.88. The number of alkyl halides is 3. The van der Waals surface area contributed by atoms with Crippen LogP contribution >= 0.6 is 22.1 Å². The van der Waals surface area contributed by atoms with Crippen LogP contribution < -0.4 is 0 Å². The summed E-state index contributed by atoms with van der Waals surface area (Å²) in [6.07, 6.45) is 0.205. The molecule has 0 saturated heterocycles. The molecule has 0 radical (unpaired) electrons. The number of hydrogen-bond donors (Lipinski definition) is 0. The molecule has 0 aromatic heterocycles. The molecular weight excluding hydrogens is 472 g/mol. The fraction of sp³-hybridized carbons (Fsp3) is 0.143. The van der Waals surface area contributed by atoms with Crippen molar-refractivity contribution in [3.63, 3.8) is 0 Å².